The smallest absolute Gasteiger partial charge is 0.335 e. The summed E-state index contributed by atoms with van der Waals surface area (Å²) < 4.78 is 22.9. The number of hydrogen-bond donors (Lipinski definition) is 1. The third-order valence-corrected chi connectivity index (χ3v) is 3.23. The minimum atomic E-state index is -3.57. The molecule has 0 aliphatic heterocycles. The molecule has 0 unspecified atom stereocenters. The van der Waals surface area contributed by atoms with Crippen LogP contribution in [-0.4, -0.2) is 25.2 Å². The summed E-state index contributed by atoms with van der Waals surface area (Å²) in [6.07, 6.45) is 4.90. The first-order chi connectivity index (χ1) is 6.97. The topological polar surface area (TPSA) is 71.4 Å². The lowest BCUT2D eigenvalue weighted by Crippen LogP contribution is -2.06. The van der Waals surface area contributed by atoms with E-state index in [-0.39, 0.29) is 10.5 Å². The van der Waals surface area contributed by atoms with Crippen LogP contribution in [-0.2, 0) is 9.84 Å². The van der Waals surface area contributed by atoms with E-state index >= 15 is 0 Å². The molecule has 0 amide bonds. The molecule has 1 N–H and O–H groups in total. The van der Waals surface area contributed by atoms with Gasteiger partial charge in [0, 0.05) is 0 Å². The van der Waals surface area contributed by atoms with Crippen molar-refractivity contribution in [1.82, 2.24) is 0 Å². The molecule has 0 aliphatic rings. The molecule has 0 radical (unpaired) electrons. The van der Waals surface area contributed by atoms with E-state index in [9.17, 15) is 13.2 Å². The zero-order valence-electron chi connectivity index (χ0n) is 7.67. The van der Waals surface area contributed by atoms with E-state index in [1.54, 1.807) is 0 Å². The highest BCUT2D eigenvalue weighted by Gasteiger charge is 2.14. The van der Waals surface area contributed by atoms with Gasteiger partial charge in [-0.15, -0.1) is 6.42 Å². The summed E-state index contributed by atoms with van der Waals surface area (Å²) in [4.78, 5) is 10.5. The summed E-state index contributed by atoms with van der Waals surface area (Å²) in [5.41, 5.74) is -0.0758. The second kappa shape index (κ2) is 4.15. The van der Waals surface area contributed by atoms with E-state index in [1.165, 1.54) is 18.2 Å². The van der Waals surface area contributed by atoms with Crippen LogP contribution in [0.25, 0.3) is 0 Å². The fourth-order valence-electron chi connectivity index (χ4n) is 1.02. The number of rotatable bonds is 3. The summed E-state index contributed by atoms with van der Waals surface area (Å²) in [5, 5.41) is 8.67. The number of sulfone groups is 1. The van der Waals surface area contributed by atoms with Gasteiger partial charge >= 0.3 is 5.97 Å². The van der Waals surface area contributed by atoms with Crippen LogP contribution in [0.4, 0.5) is 0 Å². The maximum atomic E-state index is 11.5. The van der Waals surface area contributed by atoms with Gasteiger partial charge < -0.3 is 5.11 Å². The Morgan fingerprint density at radius 3 is 2.67 bits per heavy atom. The average Bonchev–Trinajstić information content (AvgIpc) is 2.18. The molecule has 5 heteroatoms. The van der Waals surface area contributed by atoms with Gasteiger partial charge in [-0.05, 0) is 18.2 Å². The normalized spacial score (nSPS) is 10.6. The van der Waals surface area contributed by atoms with Gasteiger partial charge in [-0.25, -0.2) is 13.2 Å². The van der Waals surface area contributed by atoms with Crippen LogP contribution < -0.4 is 0 Å². The first-order valence-corrected chi connectivity index (χ1v) is 5.62. The predicted molar refractivity (Wildman–Crippen MR) is 54.3 cm³/mol. The third-order valence-electron chi connectivity index (χ3n) is 1.71. The van der Waals surface area contributed by atoms with Crippen LogP contribution in [0.15, 0.2) is 29.2 Å². The predicted octanol–water partition coefficient (Wildman–Crippen LogP) is 0.792. The Hall–Kier alpha value is -1.80. The number of carbonyl (C=O) groups is 1. The lowest BCUT2D eigenvalue weighted by molar-refractivity contribution is 0.0696. The van der Waals surface area contributed by atoms with E-state index in [4.69, 9.17) is 11.5 Å². The Morgan fingerprint density at radius 1 is 1.47 bits per heavy atom. The van der Waals surface area contributed by atoms with Crippen LogP contribution in [0.3, 0.4) is 0 Å². The Balaban J connectivity index is 3.24. The molecule has 0 saturated heterocycles. The number of hydrogen-bond acceptors (Lipinski definition) is 3. The minimum absolute atomic E-state index is 0.0691. The van der Waals surface area contributed by atoms with Crippen molar-refractivity contribution in [3.8, 4) is 12.3 Å². The zero-order valence-corrected chi connectivity index (χ0v) is 8.49. The van der Waals surface area contributed by atoms with Gasteiger partial charge in [0.1, 0.15) is 5.75 Å². The highest BCUT2D eigenvalue weighted by atomic mass is 32.2. The third kappa shape index (κ3) is 2.58. The number of carboxylic acids is 1. The van der Waals surface area contributed by atoms with Gasteiger partial charge in [-0.2, -0.15) is 0 Å². The quantitative estimate of drug-likeness (QED) is 0.770. The molecule has 0 bridgehead atoms. The molecule has 78 valence electrons. The molecule has 0 atom stereocenters. The second-order valence-corrected chi connectivity index (χ2v) is 4.79. The summed E-state index contributed by atoms with van der Waals surface area (Å²) >= 11 is 0. The number of terminal acetylenes is 1. The Labute approximate surface area is 87.5 Å². The zero-order chi connectivity index (χ0) is 11.5. The van der Waals surface area contributed by atoms with E-state index in [2.05, 4.69) is 0 Å². The molecule has 15 heavy (non-hydrogen) atoms. The molecule has 0 fully saturated rings. The molecular formula is C10H8O4S. The molecule has 4 nitrogen and oxygen atoms in total. The van der Waals surface area contributed by atoms with Gasteiger partial charge in [0.2, 0.25) is 0 Å². The van der Waals surface area contributed by atoms with Crippen molar-refractivity contribution in [3.05, 3.63) is 29.8 Å². The SMILES string of the molecule is C#CCS(=O)(=O)c1cccc(C(=O)O)c1. The fourth-order valence-corrected chi connectivity index (χ4v) is 1.99. The van der Waals surface area contributed by atoms with Crippen LogP contribution in [0.1, 0.15) is 10.4 Å². The highest BCUT2D eigenvalue weighted by molar-refractivity contribution is 7.91. The van der Waals surface area contributed by atoms with Crippen molar-refractivity contribution in [1.29, 1.82) is 0 Å². The van der Waals surface area contributed by atoms with E-state index < -0.39 is 21.6 Å². The number of benzene rings is 1. The van der Waals surface area contributed by atoms with Gasteiger partial charge in [0.05, 0.1) is 10.5 Å². The van der Waals surface area contributed by atoms with Crippen LogP contribution in [0.2, 0.25) is 0 Å². The standard InChI is InChI=1S/C10H8O4S/c1-2-6-15(13,14)9-5-3-4-8(7-9)10(11)12/h1,3-5,7H,6H2,(H,11,12). The molecule has 0 aliphatic carbocycles. The fraction of sp³-hybridized carbons (Fsp3) is 0.100. The summed E-state index contributed by atoms with van der Waals surface area (Å²) in [6.45, 7) is 0. The first-order valence-electron chi connectivity index (χ1n) is 3.97. The van der Waals surface area contributed by atoms with E-state index in [1.807, 2.05) is 5.92 Å². The molecule has 0 aromatic heterocycles. The van der Waals surface area contributed by atoms with Crippen molar-refractivity contribution in [2.75, 3.05) is 5.75 Å². The van der Waals surface area contributed by atoms with E-state index in [0.29, 0.717) is 0 Å². The average molecular weight is 224 g/mol. The van der Waals surface area contributed by atoms with Crippen molar-refractivity contribution < 1.29 is 18.3 Å². The molecule has 0 saturated carbocycles. The number of aromatic carboxylic acids is 1. The van der Waals surface area contributed by atoms with Gasteiger partial charge in [-0.1, -0.05) is 12.0 Å². The van der Waals surface area contributed by atoms with E-state index in [0.717, 1.165) is 6.07 Å². The molecule has 1 aromatic rings. The Kier molecular flexibility index (Phi) is 3.12. The molecule has 1 rings (SSSR count). The van der Waals surface area contributed by atoms with Crippen LogP contribution >= 0.6 is 0 Å². The minimum Gasteiger partial charge on any atom is -0.478 e. The molecule has 0 heterocycles. The van der Waals surface area contributed by atoms with Gasteiger partial charge in [0.25, 0.3) is 0 Å². The molecular weight excluding hydrogens is 216 g/mol. The van der Waals surface area contributed by atoms with Crippen LogP contribution in [0, 0.1) is 12.3 Å². The first kappa shape index (κ1) is 11.3. The van der Waals surface area contributed by atoms with Crippen molar-refractivity contribution >= 4 is 15.8 Å². The highest BCUT2D eigenvalue weighted by Crippen LogP contribution is 2.12. The van der Waals surface area contributed by atoms with Gasteiger partial charge in [-0.3, -0.25) is 0 Å². The van der Waals surface area contributed by atoms with Crippen molar-refractivity contribution in [2.24, 2.45) is 0 Å². The largest absolute Gasteiger partial charge is 0.478 e. The van der Waals surface area contributed by atoms with Crippen molar-refractivity contribution in [2.45, 2.75) is 4.90 Å². The summed E-state index contributed by atoms with van der Waals surface area (Å²) in [6, 6.07) is 5.10. The lowest BCUT2D eigenvalue weighted by Gasteiger charge is -2.01. The monoisotopic (exact) mass is 224 g/mol. The molecule has 0 spiro atoms. The second-order valence-electron chi connectivity index (χ2n) is 2.80. The van der Waals surface area contributed by atoms with Gasteiger partial charge in [0.15, 0.2) is 9.84 Å². The van der Waals surface area contributed by atoms with Crippen molar-refractivity contribution in [3.63, 3.8) is 0 Å². The maximum Gasteiger partial charge on any atom is 0.335 e. The maximum absolute atomic E-state index is 11.5. The number of carboxylic acid groups (broad SMARTS) is 1. The summed E-state index contributed by atoms with van der Waals surface area (Å²) in [7, 11) is -3.57. The Morgan fingerprint density at radius 2 is 2.13 bits per heavy atom. The molecule has 1 aromatic carbocycles. The summed E-state index contributed by atoms with van der Waals surface area (Å²) in [5.74, 6) is 0.412. The van der Waals surface area contributed by atoms with Crippen LogP contribution in [0.5, 0.6) is 0 Å². The Bertz CT molecular complexity index is 523. The lowest BCUT2D eigenvalue weighted by atomic mass is 10.2.